The normalized spacial score (nSPS) is 17.0. The van der Waals surface area contributed by atoms with Crippen LogP contribution in [0.3, 0.4) is 0 Å². The largest absolute Gasteiger partial charge is 0.396 e. The van der Waals surface area contributed by atoms with E-state index in [2.05, 4.69) is 4.90 Å². The van der Waals surface area contributed by atoms with E-state index in [4.69, 9.17) is 0 Å². The lowest BCUT2D eigenvalue weighted by atomic mass is 9.69. The molecule has 6 heteroatoms. The van der Waals surface area contributed by atoms with Crippen molar-refractivity contribution in [1.29, 1.82) is 0 Å². The second-order valence-electron chi connectivity index (χ2n) is 6.80. The van der Waals surface area contributed by atoms with Gasteiger partial charge in [0.05, 0.1) is 4.90 Å². The Morgan fingerprint density at radius 2 is 1.88 bits per heavy atom. The zero-order chi connectivity index (χ0) is 17.2. The van der Waals surface area contributed by atoms with Gasteiger partial charge in [-0.05, 0) is 44.2 Å². The van der Waals surface area contributed by atoms with Crippen molar-refractivity contribution in [3.63, 3.8) is 0 Å². The molecule has 1 aliphatic carbocycles. The molecule has 0 amide bonds. The second kappa shape index (κ2) is 6.70. The minimum absolute atomic E-state index is 0.00945. The maximum absolute atomic E-state index is 12.8. The molecule has 24 heavy (non-hydrogen) atoms. The molecule has 1 aromatic carbocycles. The Hall–Kier alpha value is -1.63. The molecule has 0 bridgehead atoms. The summed E-state index contributed by atoms with van der Waals surface area (Å²) >= 11 is 0. The summed E-state index contributed by atoms with van der Waals surface area (Å²) in [6.45, 7) is 1.50. The molecule has 0 saturated heterocycles. The molecule has 0 aliphatic heterocycles. The first-order valence-corrected chi connectivity index (χ1v) is 9.67. The van der Waals surface area contributed by atoms with Crippen LogP contribution in [0.25, 0.3) is 0 Å². The van der Waals surface area contributed by atoms with E-state index in [1.54, 1.807) is 42.6 Å². The summed E-state index contributed by atoms with van der Waals surface area (Å²) in [6.07, 6.45) is 4.83. The van der Waals surface area contributed by atoms with Crippen LogP contribution in [0, 0.1) is 5.41 Å². The van der Waals surface area contributed by atoms with E-state index in [0.717, 1.165) is 31.5 Å². The van der Waals surface area contributed by atoms with Gasteiger partial charge < -0.3 is 5.11 Å². The van der Waals surface area contributed by atoms with Crippen LogP contribution >= 0.6 is 0 Å². The van der Waals surface area contributed by atoms with E-state index in [-0.39, 0.29) is 16.9 Å². The number of aromatic nitrogens is 1. The molecule has 5 nitrogen and oxygen atoms in total. The predicted octanol–water partition coefficient (Wildman–Crippen LogP) is 2.32. The van der Waals surface area contributed by atoms with Crippen molar-refractivity contribution in [2.45, 2.75) is 30.7 Å². The molecule has 0 unspecified atom stereocenters. The maximum atomic E-state index is 12.8. The third-order valence-corrected chi connectivity index (χ3v) is 6.62. The number of aliphatic hydroxyl groups excluding tert-OH is 1. The van der Waals surface area contributed by atoms with Gasteiger partial charge >= 0.3 is 0 Å². The molecule has 0 spiro atoms. The van der Waals surface area contributed by atoms with Gasteiger partial charge in [0.15, 0.2) is 0 Å². The van der Waals surface area contributed by atoms with Crippen molar-refractivity contribution < 1.29 is 13.5 Å². The lowest BCUT2D eigenvalue weighted by molar-refractivity contribution is 0.0124. The molecule has 130 valence electrons. The third kappa shape index (κ3) is 3.27. The highest BCUT2D eigenvalue weighted by molar-refractivity contribution is 7.90. The van der Waals surface area contributed by atoms with Gasteiger partial charge in [0.2, 0.25) is 0 Å². The van der Waals surface area contributed by atoms with Gasteiger partial charge in [0, 0.05) is 37.0 Å². The average molecular weight is 348 g/mol. The van der Waals surface area contributed by atoms with Gasteiger partial charge in [-0.3, -0.25) is 4.90 Å². The zero-order valence-corrected chi connectivity index (χ0v) is 14.7. The Balaban J connectivity index is 1.78. The van der Waals surface area contributed by atoms with Crippen LogP contribution in [-0.2, 0) is 16.6 Å². The fourth-order valence-corrected chi connectivity index (χ4v) is 4.80. The Morgan fingerprint density at radius 1 is 1.17 bits per heavy atom. The van der Waals surface area contributed by atoms with Crippen molar-refractivity contribution in [2.75, 3.05) is 20.2 Å². The maximum Gasteiger partial charge on any atom is 0.267 e. The molecule has 0 atom stereocenters. The molecule has 1 N–H and O–H groups in total. The van der Waals surface area contributed by atoms with Crippen LogP contribution < -0.4 is 0 Å². The Kier molecular flexibility index (Phi) is 4.80. The van der Waals surface area contributed by atoms with Gasteiger partial charge in [-0.25, -0.2) is 12.4 Å². The molecule has 1 saturated carbocycles. The topological polar surface area (TPSA) is 62.5 Å². The number of rotatable bonds is 7. The number of benzene rings is 1. The van der Waals surface area contributed by atoms with E-state index in [0.29, 0.717) is 6.54 Å². The standard InChI is InChI=1S/C18H24N2O3S/c1-19(14-18(15-21)10-6-11-18)13-16-7-5-12-20(16)24(22,23)17-8-3-2-4-9-17/h2-5,7-9,12,21H,6,10-11,13-15H2,1H3. The highest BCUT2D eigenvalue weighted by Crippen LogP contribution is 2.41. The van der Waals surface area contributed by atoms with Gasteiger partial charge in [-0.2, -0.15) is 0 Å². The highest BCUT2D eigenvalue weighted by Gasteiger charge is 2.37. The zero-order valence-electron chi connectivity index (χ0n) is 13.9. The minimum atomic E-state index is -3.57. The monoisotopic (exact) mass is 348 g/mol. The SMILES string of the molecule is CN(Cc1cccn1S(=O)(=O)c1ccccc1)CC1(CO)CCC1. The number of aliphatic hydroxyl groups is 1. The fourth-order valence-electron chi connectivity index (χ4n) is 3.41. The Bertz CT molecular complexity index is 774. The number of hydrogen-bond acceptors (Lipinski definition) is 4. The van der Waals surface area contributed by atoms with E-state index < -0.39 is 10.0 Å². The summed E-state index contributed by atoms with van der Waals surface area (Å²) in [5, 5.41) is 9.62. The van der Waals surface area contributed by atoms with Crippen molar-refractivity contribution in [3.05, 3.63) is 54.4 Å². The summed E-state index contributed by atoms with van der Waals surface area (Å²) in [6, 6.07) is 12.1. The molecule has 1 aliphatic rings. The predicted molar refractivity (Wildman–Crippen MR) is 93.2 cm³/mol. The summed E-state index contributed by atoms with van der Waals surface area (Å²) in [5.74, 6) is 0. The smallest absolute Gasteiger partial charge is 0.267 e. The van der Waals surface area contributed by atoms with Crippen LogP contribution in [0.5, 0.6) is 0 Å². The third-order valence-electron chi connectivity index (χ3n) is 4.88. The van der Waals surface area contributed by atoms with E-state index in [1.807, 2.05) is 13.1 Å². The molecule has 2 aromatic rings. The van der Waals surface area contributed by atoms with Gasteiger partial charge in [-0.1, -0.05) is 24.6 Å². The molecule has 0 radical (unpaired) electrons. The second-order valence-corrected chi connectivity index (χ2v) is 8.61. The number of hydrogen-bond donors (Lipinski definition) is 1. The van der Waals surface area contributed by atoms with E-state index >= 15 is 0 Å². The summed E-state index contributed by atoms with van der Waals surface area (Å²) in [4.78, 5) is 2.39. The fraction of sp³-hybridized carbons (Fsp3) is 0.444. The molecular formula is C18H24N2O3S. The summed E-state index contributed by atoms with van der Waals surface area (Å²) in [7, 11) is -1.60. The summed E-state index contributed by atoms with van der Waals surface area (Å²) in [5.41, 5.74) is 0.721. The Morgan fingerprint density at radius 3 is 2.46 bits per heavy atom. The van der Waals surface area contributed by atoms with E-state index in [9.17, 15) is 13.5 Å². The first kappa shape index (κ1) is 17.2. The lowest BCUT2D eigenvalue weighted by Crippen LogP contribution is -2.43. The molecular weight excluding hydrogens is 324 g/mol. The van der Waals surface area contributed by atoms with E-state index in [1.165, 1.54) is 3.97 Å². The van der Waals surface area contributed by atoms with Crippen LogP contribution in [-0.4, -0.2) is 42.6 Å². The lowest BCUT2D eigenvalue weighted by Gasteiger charge is -2.43. The van der Waals surface area contributed by atoms with Gasteiger partial charge in [0.1, 0.15) is 0 Å². The molecule has 1 aromatic heterocycles. The molecule has 3 rings (SSSR count). The Labute approximate surface area is 143 Å². The number of nitrogens with zero attached hydrogens (tertiary/aromatic N) is 2. The molecule has 1 heterocycles. The minimum Gasteiger partial charge on any atom is -0.396 e. The van der Waals surface area contributed by atoms with Crippen molar-refractivity contribution in [1.82, 2.24) is 8.87 Å². The van der Waals surface area contributed by atoms with Crippen LogP contribution in [0.15, 0.2) is 53.6 Å². The summed E-state index contributed by atoms with van der Waals surface area (Å²) < 4.78 is 27.0. The first-order valence-electron chi connectivity index (χ1n) is 8.23. The van der Waals surface area contributed by atoms with Crippen molar-refractivity contribution in [3.8, 4) is 0 Å². The van der Waals surface area contributed by atoms with Gasteiger partial charge in [0.25, 0.3) is 10.0 Å². The molecule has 1 fully saturated rings. The highest BCUT2D eigenvalue weighted by atomic mass is 32.2. The average Bonchev–Trinajstić information content (AvgIpc) is 3.00. The van der Waals surface area contributed by atoms with Crippen molar-refractivity contribution >= 4 is 10.0 Å². The first-order chi connectivity index (χ1) is 11.5. The van der Waals surface area contributed by atoms with Crippen molar-refractivity contribution in [2.24, 2.45) is 5.41 Å². The van der Waals surface area contributed by atoms with Crippen LogP contribution in [0.1, 0.15) is 25.0 Å². The van der Waals surface area contributed by atoms with Crippen LogP contribution in [0.2, 0.25) is 0 Å². The van der Waals surface area contributed by atoms with Crippen LogP contribution in [0.4, 0.5) is 0 Å². The van der Waals surface area contributed by atoms with Gasteiger partial charge in [-0.15, -0.1) is 0 Å². The quantitative estimate of drug-likeness (QED) is 0.834.